The highest BCUT2D eigenvalue weighted by Gasteiger charge is 2.19. The smallest absolute Gasteiger partial charge is 0.306 e. The fourth-order valence-corrected chi connectivity index (χ4v) is 10.6. The molecule has 1 atom stereocenters. The maximum atomic E-state index is 12.9. The first-order valence-electron chi connectivity index (χ1n) is 35.0. The van der Waals surface area contributed by atoms with Gasteiger partial charge in [-0.25, -0.2) is 0 Å². The van der Waals surface area contributed by atoms with E-state index in [1.165, 1.54) is 270 Å². The fraction of sp³-hybridized carbons (Fsp3) is 0.875. The first-order valence-corrected chi connectivity index (χ1v) is 35.0. The van der Waals surface area contributed by atoms with Crippen molar-refractivity contribution >= 4 is 17.9 Å². The van der Waals surface area contributed by atoms with Crippen LogP contribution in [0.25, 0.3) is 0 Å². The lowest BCUT2D eigenvalue weighted by molar-refractivity contribution is -0.167. The Hall–Kier alpha value is -2.37. The van der Waals surface area contributed by atoms with Crippen molar-refractivity contribution in [2.24, 2.45) is 0 Å². The Bertz CT molecular complexity index is 1300. The van der Waals surface area contributed by atoms with Crippen molar-refractivity contribution in [3.63, 3.8) is 0 Å². The number of allylic oxidation sites excluding steroid dienone is 6. The van der Waals surface area contributed by atoms with Gasteiger partial charge in [0, 0.05) is 19.3 Å². The molecule has 0 rings (SSSR count). The summed E-state index contributed by atoms with van der Waals surface area (Å²) in [5, 5.41) is 0. The summed E-state index contributed by atoms with van der Waals surface area (Å²) in [6.07, 6.45) is 83.3. The molecule has 0 amide bonds. The molecule has 78 heavy (non-hydrogen) atoms. The van der Waals surface area contributed by atoms with Crippen LogP contribution in [0, 0.1) is 0 Å². The van der Waals surface area contributed by atoms with Gasteiger partial charge in [0.05, 0.1) is 0 Å². The van der Waals surface area contributed by atoms with Gasteiger partial charge in [0.1, 0.15) is 13.2 Å². The van der Waals surface area contributed by atoms with Crippen LogP contribution in [-0.4, -0.2) is 37.2 Å². The van der Waals surface area contributed by atoms with Gasteiger partial charge < -0.3 is 14.2 Å². The van der Waals surface area contributed by atoms with Crippen LogP contribution in [0.15, 0.2) is 36.5 Å². The number of carbonyl (C=O) groups is 3. The van der Waals surface area contributed by atoms with E-state index in [1.807, 2.05) is 0 Å². The van der Waals surface area contributed by atoms with E-state index < -0.39 is 6.10 Å². The van der Waals surface area contributed by atoms with Gasteiger partial charge in [0.25, 0.3) is 0 Å². The third kappa shape index (κ3) is 64.5. The van der Waals surface area contributed by atoms with Crippen molar-refractivity contribution in [3.8, 4) is 0 Å². The standard InChI is InChI=1S/C72H134O6/c1-4-7-10-13-16-19-22-25-27-29-30-31-32-33-34-35-36-37-38-39-40-41-42-44-45-47-50-53-56-59-62-65-71(74)77-68-69(67-76-70(73)64-61-58-55-52-49-24-21-18-15-12-9-6-3)78-72(75)66-63-60-57-54-51-48-46-43-28-26-23-20-17-14-11-8-5-2/h17-18,20-21,26,28,69H,4-16,19,22-25,27,29-68H2,1-3H3/b20-17-,21-18-,28-26-. The van der Waals surface area contributed by atoms with E-state index in [0.29, 0.717) is 19.3 Å². The van der Waals surface area contributed by atoms with Crippen LogP contribution in [0.5, 0.6) is 0 Å². The second-order valence-electron chi connectivity index (χ2n) is 23.8. The van der Waals surface area contributed by atoms with E-state index in [4.69, 9.17) is 14.2 Å². The molecule has 0 aliphatic carbocycles. The molecule has 0 heterocycles. The maximum absolute atomic E-state index is 12.9. The van der Waals surface area contributed by atoms with Gasteiger partial charge in [-0.15, -0.1) is 0 Å². The van der Waals surface area contributed by atoms with Gasteiger partial charge in [0.2, 0.25) is 0 Å². The summed E-state index contributed by atoms with van der Waals surface area (Å²) in [7, 11) is 0. The van der Waals surface area contributed by atoms with Crippen molar-refractivity contribution in [1.29, 1.82) is 0 Å². The molecule has 0 saturated carbocycles. The Labute approximate surface area is 486 Å². The van der Waals surface area contributed by atoms with E-state index in [-0.39, 0.29) is 31.1 Å². The Balaban J connectivity index is 4.11. The molecule has 0 aliphatic rings. The zero-order valence-corrected chi connectivity index (χ0v) is 52.7. The Morgan fingerprint density at radius 1 is 0.256 bits per heavy atom. The molecule has 0 N–H and O–H groups in total. The Morgan fingerprint density at radius 3 is 0.744 bits per heavy atom. The van der Waals surface area contributed by atoms with Gasteiger partial charge in [0.15, 0.2) is 6.10 Å². The number of ether oxygens (including phenoxy) is 3. The summed E-state index contributed by atoms with van der Waals surface area (Å²) in [5.74, 6) is -0.868. The van der Waals surface area contributed by atoms with E-state index in [2.05, 4.69) is 57.2 Å². The summed E-state index contributed by atoms with van der Waals surface area (Å²) < 4.78 is 16.9. The normalized spacial score (nSPS) is 12.2. The molecule has 0 saturated heterocycles. The minimum atomic E-state index is -0.778. The highest BCUT2D eigenvalue weighted by molar-refractivity contribution is 5.71. The SMILES string of the molecule is CCCCC/C=C\C/C=C\CCCCCCCCCC(=O)OC(COC(=O)CCCCCCC/C=C\CCCCC)COC(=O)CCCCCCCCCCCCCCCCCCCCCCCCCCCCCCCCC. The van der Waals surface area contributed by atoms with E-state index in [9.17, 15) is 14.4 Å². The summed E-state index contributed by atoms with van der Waals surface area (Å²) >= 11 is 0. The van der Waals surface area contributed by atoms with Crippen LogP contribution in [0.4, 0.5) is 0 Å². The minimum absolute atomic E-state index is 0.0740. The number of rotatable bonds is 65. The van der Waals surface area contributed by atoms with Crippen LogP contribution < -0.4 is 0 Å². The molecular formula is C72H134O6. The number of hydrogen-bond acceptors (Lipinski definition) is 6. The van der Waals surface area contributed by atoms with Gasteiger partial charge >= 0.3 is 17.9 Å². The number of unbranched alkanes of at least 4 members (excludes halogenated alkanes) is 48. The molecule has 1 unspecified atom stereocenters. The van der Waals surface area contributed by atoms with Crippen LogP contribution in [0.2, 0.25) is 0 Å². The van der Waals surface area contributed by atoms with Crippen molar-refractivity contribution in [1.82, 2.24) is 0 Å². The molecule has 0 aliphatic heterocycles. The van der Waals surface area contributed by atoms with Gasteiger partial charge in [-0.3, -0.25) is 14.4 Å². The summed E-state index contributed by atoms with van der Waals surface area (Å²) in [4.78, 5) is 38.3. The van der Waals surface area contributed by atoms with Crippen LogP contribution in [0.3, 0.4) is 0 Å². The third-order valence-electron chi connectivity index (χ3n) is 15.9. The molecular weight excluding hydrogens is 961 g/mol. The molecule has 0 spiro atoms. The monoisotopic (exact) mass is 1100 g/mol. The van der Waals surface area contributed by atoms with Crippen molar-refractivity contribution in [2.45, 2.75) is 393 Å². The molecule has 6 heteroatoms. The van der Waals surface area contributed by atoms with Crippen molar-refractivity contribution in [3.05, 3.63) is 36.5 Å². The average molecular weight is 1100 g/mol. The van der Waals surface area contributed by atoms with Gasteiger partial charge in [-0.05, 0) is 77.0 Å². The number of esters is 3. The first kappa shape index (κ1) is 75.6. The van der Waals surface area contributed by atoms with E-state index in [1.54, 1.807) is 0 Å². The molecule has 0 aromatic rings. The lowest BCUT2D eigenvalue weighted by Gasteiger charge is -2.18. The van der Waals surface area contributed by atoms with Crippen molar-refractivity contribution < 1.29 is 28.6 Å². The van der Waals surface area contributed by atoms with Gasteiger partial charge in [-0.2, -0.15) is 0 Å². The molecule has 0 fully saturated rings. The molecule has 0 bridgehead atoms. The highest BCUT2D eigenvalue weighted by Crippen LogP contribution is 2.19. The van der Waals surface area contributed by atoms with Crippen molar-refractivity contribution in [2.75, 3.05) is 13.2 Å². The van der Waals surface area contributed by atoms with Crippen LogP contribution >= 0.6 is 0 Å². The molecule has 0 aromatic carbocycles. The quantitative estimate of drug-likeness (QED) is 0.0261. The summed E-state index contributed by atoms with van der Waals surface area (Å²) in [5.41, 5.74) is 0. The molecule has 0 aromatic heterocycles. The second kappa shape index (κ2) is 67.1. The predicted molar refractivity (Wildman–Crippen MR) is 339 cm³/mol. The van der Waals surface area contributed by atoms with Gasteiger partial charge in [-0.1, -0.05) is 327 Å². The third-order valence-corrected chi connectivity index (χ3v) is 15.9. The lowest BCUT2D eigenvalue weighted by Crippen LogP contribution is -2.30. The number of hydrogen-bond donors (Lipinski definition) is 0. The molecule has 458 valence electrons. The summed E-state index contributed by atoms with van der Waals surface area (Å²) in [6, 6.07) is 0. The highest BCUT2D eigenvalue weighted by atomic mass is 16.6. The minimum Gasteiger partial charge on any atom is -0.462 e. The first-order chi connectivity index (χ1) is 38.5. The average Bonchev–Trinajstić information content (AvgIpc) is 3.44. The van der Waals surface area contributed by atoms with E-state index >= 15 is 0 Å². The lowest BCUT2D eigenvalue weighted by atomic mass is 10.0. The Kier molecular flexibility index (Phi) is 65.1. The topological polar surface area (TPSA) is 78.9 Å². The van der Waals surface area contributed by atoms with E-state index in [0.717, 1.165) is 77.0 Å². The zero-order valence-electron chi connectivity index (χ0n) is 52.7. The maximum Gasteiger partial charge on any atom is 0.306 e. The largest absolute Gasteiger partial charge is 0.462 e. The predicted octanol–water partition coefficient (Wildman–Crippen LogP) is 23.9. The molecule has 0 radical (unpaired) electrons. The Morgan fingerprint density at radius 2 is 0.462 bits per heavy atom. The fourth-order valence-electron chi connectivity index (χ4n) is 10.6. The number of carbonyl (C=O) groups excluding carboxylic acids is 3. The molecule has 6 nitrogen and oxygen atoms in total. The second-order valence-corrected chi connectivity index (χ2v) is 23.8. The van der Waals surface area contributed by atoms with Crippen LogP contribution in [-0.2, 0) is 28.6 Å². The van der Waals surface area contributed by atoms with Crippen LogP contribution in [0.1, 0.15) is 387 Å². The zero-order chi connectivity index (χ0) is 56.4. The summed E-state index contributed by atoms with van der Waals surface area (Å²) in [6.45, 7) is 6.64.